The SMILES string of the molecule is O=C(O)c1ccccc1C1NCCCC1O. The molecule has 1 aliphatic rings. The molecule has 3 N–H and O–H groups in total. The molecule has 0 saturated carbocycles. The third kappa shape index (κ3) is 2.08. The normalized spacial score (nSPS) is 25.3. The predicted octanol–water partition coefficient (Wildman–Crippen LogP) is 1.17. The Balaban J connectivity index is 2.34. The molecule has 1 aliphatic heterocycles. The molecule has 1 heterocycles. The highest BCUT2D eigenvalue weighted by atomic mass is 16.4. The molecule has 0 radical (unpaired) electrons. The summed E-state index contributed by atoms with van der Waals surface area (Å²) in [4.78, 5) is 11.1. The second-order valence-electron chi connectivity index (χ2n) is 4.03. The Kier molecular flexibility index (Phi) is 3.22. The van der Waals surface area contributed by atoms with Crippen LogP contribution in [0.5, 0.6) is 0 Å². The van der Waals surface area contributed by atoms with Gasteiger partial charge < -0.3 is 15.5 Å². The second-order valence-corrected chi connectivity index (χ2v) is 4.03. The van der Waals surface area contributed by atoms with E-state index in [0.717, 1.165) is 13.0 Å². The molecule has 4 heteroatoms. The van der Waals surface area contributed by atoms with Crippen molar-refractivity contribution in [2.24, 2.45) is 0 Å². The van der Waals surface area contributed by atoms with Crippen LogP contribution >= 0.6 is 0 Å². The van der Waals surface area contributed by atoms with E-state index in [1.807, 2.05) is 0 Å². The molecule has 1 aromatic carbocycles. The van der Waals surface area contributed by atoms with Gasteiger partial charge >= 0.3 is 5.97 Å². The maximum atomic E-state index is 11.1. The standard InChI is InChI=1S/C12H15NO3/c14-10-6-3-7-13-11(10)8-4-1-2-5-9(8)12(15)16/h1-2,4-5,10-11,13-14H,3,6-7H2,(H,15,16). The minimum absolute atomic E-state index is 0.263. The summed E-state index contributed by atoms with van der Waals surface area (Å²) in [6.45, 7) is 0.815. The van der Waals surface area contributed by atoms with Crippen molar-refractivity contribution < 1.29 is 15.0 Å². The van der Waals surface area contributed by atoms with E-state index in [4.69, 9.17) is 5.11 Å². The van der Waals surface area contributed by atoms with Gasteiger partial charge in [0.2, 0.25) is 0 Å². The summed E-state index contributed by atoms with van der Waals surface area (Å²) in [5, 5.41) is 22.1. The first kappa shape index (κ1) is 11.1. The zero-order valence-electron chi connectivity index (χ0n) is 8.89. The highest BCUT2D eigenvalue weighted by Crippen LogP contribution is 2.26. The van der Waals surface area contributed by atoms with Crippen LogP contribution in [0.1, 0.15) is 34.8 Å². The summed E-state index contributed by atoms with van der Waals surface area (Å²) in [5.74, 6) is -0.949. The number of hydrogen-bond acceptors (Lipinski definition) is 3. The Morgan fingerprint density at radius 2 is 2.12 bits per heavy atom. The predicted molar refractivity (Wildman–Crippen MR) is 59.4 cm³/mol. The van der Waals surface area contributed by atoms with Gasteiger partial charge in [-0.2, -0.15) is 0 Å². The average molecular weight is 221 g/mol. The van der Waals surface area contributed by atoms with Gasteiger partial charge in [-0.05, 0) is 31.0 Å². The molecule has 0 spiro atoms. The van der Waals surface area contributed by atoms with E-state index < -0.39 is 12.1 Å². The summed E-state index contributed by atoms with van der Waals surface area (Å²) in [6.07, 6.45) is 1.13. The first-order valence-corrected chi connectivity index (χ1v) is 5.44. The summed E-state index contributed by atoms with van der Waals surface area (Å²) in [7, 11) is 0. The Morgan fingerprint density at radius 1 is 1.38 bits per heavy atom. The molecule has 1 fully saturated rings. The quantitative estimate of drug-likeness (QED) is 0.701. The van der Waals surface area contributed by atoms with Gasteiger partial charge in [0, 0.05) is 0 Å². The van der Waals surface area contributed by atoms with Crippen molar-refractivity contribution in [1.29, 1.82) is 0 Å². The molecule has 0 amide bonds. The van der Waals surface area contributed by atoms with E-state index in [1.165, 1.54) is 0 Å². The Bertz CT molecular complexity index is 392. The van der Waals surface area contributed by atoms with Gasteiger partial charge in [-0.25, -0.2) is 4.79 Å². The number of carbonyl (C=O) groups is 1. The van der Waals surface area contributed by atoms with Crippen LogP contribution in [0.4, 0.5) is 0 Å². The van der Waals surface area contributed by atoms with Crippen molar-refractivity contribution in [2.45, 2.75) is 25.0 Å². The fourth-order valence-corrected chi connectivity index (χ4v) is 2.15. The largest absolute Gasteiger partial charge is 0.478 e. The van der Waals surface area contributed by atoms with Crippen LogP contribution in [0.15, 0.2) is 24.3 Å². The number of benzene rings is 1. The van der Waals surface area contributed by atoms with Crippen LogP contribution in [-0.2, 0) is 0 Å². The van der Waals surface area contributed by atoms with E-state index in [1.54, 1.807) is 24.3 Å². The third-order valence-corrected chi connectivity index (χ3v) is 2.95. The first-order chi connectivity index (χ1) is 7.70. The number of carboxylic acids is 1. The molecule has 2 atom stereocenters. The highest BCUT2D eigenvalue weighted by molar-refractivity contribution is 5.89. The van der Waals surface area contributed by atoms with Crippen LogP contribution < -0.4 is 5.32 Å². The van der Waals surface area contributed by atoms with Crippen molar-refractivity contribution in [2.75, 3.05) is 6.54 Å². The number of aliphatic hydroxyl groups is 1. The molecule has 1 saturated heterocycles. The third-order valence-electron chi connectivity index (χ3n) is 2.95. The van der Waals surface area contributed by atoms with Gasteiger partial charge in [-0.3, -0.25) is 0 Å². The van der Waals surface area contributed by atoms with E-state index in [0.29, 0.717) is 12.0 Å². The van der Waals surface area contributed by atoms with E-state index in [9.17, 15) is 9.90 Å². The van der Waals surface area contributed by atoms with Crippen LogP contribution in [0.3, 0.4) is 0 Å². The maximum absolute atomic E-state index is 11.1. The number of hydrogen-bond donors (Lipinski definition) is 3. The zero-order chi connectivity index (χ0) is 11.5. The monoisotopic (exact) mass is 221 g/mol. The lowest BCUT2D eigenvalue weighted by atomic mass is 9.91. The lowest BCUT2D eigenvalue weighted by Crippen LogP contribution is -2.38. The lowest BCUT2D eigenvalue weighted by molar-refractivity contribution is 0.0686. The smallest absolute Gasteiger partial charge is 0.336 e. The van der Waals surface area contributed by atoms with E-state index in [2.05, 4.69) is 5.32 Å². The number of aromatic carboxylic acids is 1. The first-order valence-electron chi connectivity index (χ1n) is 5.44. The molecular formula is C12H15NO3. The molecule has 0 aliphatic carbocycles. The Labute approximate surface area is 93.9 Å². The van der Waals surface area contributed by atoms with Crippen molar-refractivity contribution in [1.82, 2.24) is 5.32 Å². The summed E-state index contributed by atoms with van der Waals surface area (Å²) in [6, 6.07) is 6.56. The molecule has 2 rings (SSSR count). The molecule has 1 aromatic rings. The Hall–Kier alpha value is -1.39. The van der Waals surface area contributed by atoms with E-state index in [-0.39, 0.29) is 11.6 Å². The second kappa shape index (κ2) is 4.63. The number of piperidine rings is 1. The van der Waals surface area contributed by atoms with Gasteiger partial charge in [0.25, 0.3) is 0 Å². The molecule has 86 valence electrons. The van der Waals surface area contributed by atoms with Crippen molar-refractivity contribution in [3.63, 3.8) is 0 Å². The molecule has 4 nitrogen and oxygen atoms in total. The molecule has 16 heavy (non-hydrogen) atoms. The van der Waals surface area contributed by atoms with Gasteiger partial charge in [0.1, 0.15) is 0 Å². The van der Waals surface area contributed by atoms with Gasteiger partial charge in [-0.15, -0.1) is 0 Å². The maximum Gasteiger partial charge on any atom is 0.336 e. The number of rotatable bonds is 2. The minimum Gasteiger partial charge on any atom is -0.478 e. The lowest BCUT2D eigenvalue weighted by Gasteiger charge is -2.30. The van der Waals surface area contributed by atoms with Crippen molar-refractivity contribution in [3.8, 4) is 0 Å². The number of aliphatic hydroxyl groups excluding tert-OH is 1. The van der Waals surface area contributed by atoms with Gasteiger partial charge in [0.05, 0.1) is 17.7 Å². The molecule has 0 aromatic heterocycles. The summed E-state index contributed by atoms with van der Waals surface area (Å²) in [5.41, 5.74) is 0.933. The molecule has 2 unspecified atom stereocenters. The van der Waals surface area contributed by atoms with Crippen LogP contribution in [0, 0.1) is 0 Å². The van der Waals surface area contributed by atoms with Gasteiger partial charge in [0.15, 0.2) is 0 Å². The minimum atomic E-state index is -0.949. The highest BCUT2D eigenvalue weighted by Gasteiger charge is 2.27. The fraction of sp³-hybridized carbons (Fsp3) is 0.417. The van der Waals surface area contributed by atoms with Crippen LogP contribution in [-0.4, -0.2) is 28.8 Å². The Morgan fingerprint density at radius 3 is 2.81 bits per heavy atom. The summed E-state index contributed by atoms with van der Waals surface area (Å²) < 4.78 is 0. The molecular weight excluding hydrogens is 206 g/mol. The average Bonchev–Trinajstić information content (AvgIpc) is 2.29. The number of carboxylic acid groups (broad SMARTS) is 1. The van der Waals surface area contributed by atoms with Crippen molar-refractivity contribution in [3.05, 3.63) is 35.4 Å². The zero-order valence-corrected chi connectivity index (χ0v) is 8.89. The molecule has 0 bridgehead atoms. The van der Waals surface area contributed by atoms with Crippen LogP contribution in [0.25, 0.3) is 0 Å². The van der Waals surface area contributed by atoms with E-state index >= 15 is 0 Å². The number of nitrogens with one attached hydrogen (secondary N) is 1. The summed E-state index contributed by atoms with van der Waals surface area (Å²) >= 11 is 0. The van der Waals surface area contributed by atoms with Gasteiger partial charge in [-0.1, -0.05) is 18.2 Å². The van der Waals surface area contributed by atoms with Crippen molar-refractivity contribution >= 4 is 5.97 Å². The fourth-order valence-electron chi connectivity index (χ4n) is 2.15. The topological polar surface area (TPSA) is 69.6 Å². The van der Waals surface area contributed by atoms with Crippen LogP contribution in [0.2, 0.25) is 0 Å².